The van der Waals surface area contributed by atoms with Crippen molar-refractivity contribution in [1.82, 2.24) is 9.88 Å². The Labute approximate surface area is 130 Å². The Hall–Kier alpha value is -1.08. The average molecular weight is 328 g/mol. The van der Waals surface area contributed by atoms with Crippen molar-refractivity contribution in [2.75, 3.05) is 23.8 Å². The number of amides is 1. The number of hydrogen-bond acceptors (Lipinski definition) is 5. The second-order valence-electron chi connectivity index (χ2n) is 4.96. The first kappa shape index (κ1) is 16.3. The van der Waals surface area contributed by atoms with Crippen LogP contribution in [0.15, 0.2) is 23.4 Å². The molecule has 1 amide bonds. The largest absolute Gasteiger partial charge is 0.335 e. The Balaban J connectivity index is 2.18. The van der Waals surface area contributed by atoms with Crippen LogP contribution in [-0.4, -0.2) is 54.1 Å². The highest BCUT2D eigenvalue weighted by Crippen LogP contribution is 2.21. The zero-order valence-electron chi connectivity index (χ0n) is 12.3. The van der Waals surface area contributed by atoms with Crippen LogP contribution in [0.1, 0.15) is 30.6 Å². The molecule has 0 bridgehead atoms. The van der Waals surface area contributed by atoms with E-state index < -0.39 is 9.84 Å². The van der Waals surface area contributed by atoms with Gasteiger partial charge < -0.3 is 4.90 Å². The molecule has 1 aliphatic rings. The van der Waals surface area contributed by atoms with Crippen molar-refractivity contribution in [2.24, 2.45) is 0 Å². The van der Waals surface area contributed by atoms with Crippen LogP contribution in [0.2, 0.25) is 0 Å². The van der Waals surface area contributed by atoms with Gasteiger partial charge in [0.2, 0.25) is 0 Å². The number of sulfone groups is 1. The second-order valence-corrected chi connectivity index (χ2v) is 8.48. The molecular formula is C14H20N2O3S2. The smallest absolute Gasteiger partial charge is 0.254 e. The molecule has 0 aliphatic carbocycles. The molecule has 21 heavy (non-hydrogen) atoms. The van der Waals surface area contributed by atoms with Crippen molar-refractivity contribution in [2.45, 2.75) is 31.3 Å². The van der Waals surface area contributed by atoms with Gasteiger partial charge >= 0.3 is 0 Å². The fraction of sp³-hybridized carbons (Fsp3) is 0.571. The summed E-state index contributed by atoms with van der Waals surface area (Å²) in [6.45, 7) is 4.42. The molecule has 0 N–H and O–H groups in total. The van der Waals surface area contributed by atoms with E-state index in [1.165, 1.54) is 0 Å². The van der Waals surface area contributed by atoms with Crippen molar-refractivity contribution in [3.8, 4) is 0 Å². The van der Waals surface area contributed by atoms with Gasteiger partial charge in [-0.2, -0.15) is 0 Å². The number of thioether (sulfide) groups is 1. The third kappa shape index (κ3) is 3.97. The number of rotatable bonds is 5. The third-order valence-electron chi connectivity index (χ3n) is 3.52. The van der Waals surface area contributed by atoms with Gasteiger partial charge in [0.25, 0.3) is 5.91 Å². The van der Waals surface area contributed by atoms with Crippen LogP contribution in [0.3, 0.4) is 0 Å². The Morgan fingerprint density at radius 1 is 1.48 bits per heavy atom. The molecule has 0 spiro atoms. The summed E-state index contributed by atoms with van der Waals surface area (Å²) in [5, 5.41) is 0.818. The molecule has 116 valence electrons. The second kappa shape index (κ2) is 6.79. The maximum absolute atomic E-state index is 12.6. The summed E-state index contributed by atoms with van der Waals surface area (Å²) in [5.74, 6) is 1.03. The highest BCUT2D eigenvalue weighted by Gasteiger charge is 2.34. The minimum Gasteiger partial charge on any atom is -0.335 e. The molecule has 5 nitrogen and oxygen atoms in total. The van der Waals surface area contributed by atoms with E-state index in [2.05, 4.69) is 4.98 Å². The number of aromatic nitrogens is 1. The summed E-state index contributed by atoms with van der Waals surface area (Å²) in [6.07, 6.45) is 2.16. The lowest BCUT2D eigenvalue weighted by Gasteiger charge is -2.27. The minimum absolute atomic E-state index is 0.0776. The molecule has 1 atom stereocenters. The first-order valence-corrected chi connectivity index (χ1v) is 9.87. The molecule has 2 heterocycles. The summed E-state index contributed by atoms with van der Waals surface area (Å²) in [4.78, 5) is 18.5. The fourth-order valence-electron chi connectivity index (χ4n) is 2.52. The Morgan fingerprint density at radius 2 is 2.24 bits per heavy atom. The summed E-state index contributed by atoms with van der Waals surface area (Å²) in [7, 11) is -2.99. The van der Waals surface area contributed by atoms with E-state index in [1.807, 2.05) is 13.8 Å². The van der Waals surface area contributed by atoms with E-state index >= 15 is 0 Å². The fourth-order valence-corrected chi connectivity index (χ4v) is 4.90. The van der Waals surface area contributed by atoms with Crippen LogP contribution >= 0.6 is 11.8 Å². The zero-order valence-corrected chi connectivity index (χ0v) is 13.9. The van der Waals surface area contributed by atoms with Gasteiger partial charge in [0.05, 0.1) is 16.5 Å². The summed E-state index contributed by atoms with van der Waals surface area (Å²) in [6, 6.07) is 3.26. The molecule has 7 heteroatoms. The van der Waals surface area contributed by atoms with E-state index in [4.69, 9.17) is 0 Å². The first-order valence-electron chi connectivity index (χ1n) is 7.07. The first-order chi connectivity index (χ1) is 9.96. The lowest BCUT2D eigenvalue weighted by molar-refractivity contribution is 0.0708. The van der Waals surface area contributed by atoms with Gasteiger partial charge in [-0.3, -0.25) is 4.79 Å². The van der Waals surface area contributed by atoms with Crippen LogP contribution in [0.25, 0.3) is 0 Å². The summed E-state index contributed by atoms with van der Waals surface area (Å²) < 4.78 is 23.2. The van der Waals surface area contributed by atoms with E-state index in [-0.39, 0.29) is 23.5 Å². The lowest BCUT2D eigenvalue weighted by atomic mass is 10.1. The summed E-state index contributed by atoms with van der Waals surface area (Å²) >= 11 is 1.58. The molecule has 1 fully saturated rings. The van der Waals surface area contributed by atoms with E-state index in [0.29, 0.717) is 18.5 Å². The Bertz CT molecular complexity index is 616. The van der Waals surface area contributed by atoms with Crippen molar-refractivity contribution in [3.63, 3.8) is 0 Å². The molecule has 0 aromatic carbocycles. The van der Waals surface area contributed by atoms with Gasteiger partial charge in [0.15, 0.2) is 9.84 Å². The van der Waals surface area contributed by atoms with E-state index in [1.54, 1.807) is 35.0 Å². The Kier molecular flexibility index (Phi) is 5.27. The van der Waals surface area contributed by atoms with Crippen molar-refractivity contribution in [3.05, 3.63) is 23.9 Å². The number of nitrogens with zero attached hydrogens (tertiary/aromatic N) is 2. The number of hydrogen-bond donors (Lipinski definition) is 0. The molecule has 1 saturated heterocycles. The van der Waals surface area contributed by atoms with Crippen LogP contribution in [0.5, 0.6) is 0 Å². The molecule has 1 aliphatic heterocycles. The zero-order chi connectivity index (χ0) is 15.5. The SMILES string of the molecule is CCSc1cc(C(=O)N(CC)C2CCS(=O)(=O)C2)ccn1. The van der Waals surface area contributed by atoms with Gasteiger partial charge in [-0.25, -0.2) is 13.4 Å². The average Bonchev–Trinajstić information content (AvgIpc) is 2.80. The molecule has 2 rings (SSSR count). The predicted octanol–water partition coefficient (Wildman–Crippen LogP) is 1.84. The van der Waals surface area contributed by atoms with Gasteiger partial charge in [-0.1, -0.05) is 6.92 Å². The highest BCUT2D eigenvalue weighted by atomic mass is 32.2. The monoisotopic (exact) mass is 328 g/mol. The van der Waals surface area contributed by atoms with E-state index in [0.717, 1.165) is 10.8 Å². The molecule has 0 saturated carbocycles. The number of carbonyl (C=O) groups excluding carboxylic acids is 1. The van der Waals surface area contributed by atoms with Gasteiger partial charge in [-0.05, 0) is 31.2 Å². The van der Waals surface area contributed by atoms with E-state index in [9.17, 15) is 13.2 Å². The molecule has 0 radical (unpaired) electrons. The maximum atomic E-state index is 12.6. The van der Waals surface area contributed by atoms with Crippen molar-refractivity contribution >= 4 is 27.5 Å². The standard InChI is InChI=1S/C14H20N2O3S2/c1-3-16(12-6-8-21(18,19)10-12)14(17)11-5-7-15-13(9-11)20-4-2/h5,7,9,12H,3-4,6,8,10H2,1-2H3. The number of carbonyl (C=O) groups is 1. The predicted molar refractivity (Wildman–Crippen MR) is 84.4 cm³/mol. The maximum Gasteiger partial charge on any atom is 0.254 e. The van der Waals surface area contributed by atoms with Gasteiger partial charge in [0, 0.05) is 24.3 Å². The minimum atomic E-state index is -2.99. The van der Waals surface area contributed by atoms with Gasteiger partial charge in [-0.15, -0.1) is 11.8 Å². The third-order valence-corrected chi connectivity index (χ3v) is 6.08. The van der Waals surface area contributed by atoms with Crippen LogP contribution in [0, 0.1) is 0 Å². The molecular weight excluding hydrogens is 308 g/mol. The van der Waals surface area contributed by atoms with Crippen LogP contribution in [0.4, 0.5) is 0 Å². The topological polar surface area (TPSA) is 67.3 Å². The Morgan fingerprint density at radius 3 is 2.81 bits per heavy atom. The van der Waals surface area contributed by atoms with Crippen LogP contribution < -0.4 is 0 Å². The molecule has 1 aromatic rings. The molecule has 1 aromatic heterocycles. The normalized spacial score (nSPS) is 20.4. The van der Waals surface area contributed by atoms with Crippen molar-refractivity contribution in [1.29, 1.82) is 0 Å². The molecule has 1 unspecified atom stereocenters. The van der Waals surface area contributed by atoms with Gasteiger partial charge in [0.1, 0.15) is 0 Å². The van der Waals surface area contributed by atoms with Crippen LogP contribution in [-0.2, 0) is 9.84 Å². The quantitative estimate of drug-likeness (QED) is 0.772. The summed E-state index contributed by atoms with van der Waals surface area (Å²) in [5.41, 5.74) is 0.576. The van der Waals surface area contributed by atoms with Crippen molar-refractivity contribution < 1.29 is 13.2 Å². The lowest BCUT2D eigenvalue weighted by Crippen LogP contribution is -2.41. The highest BCUT2D eigenvalue weighted by molar-refractivity contribution is 7.99. The number of pyridine rings is 1.